The van der Waals surface area contributed by atoms with Gasteiger partial charge in [0.05, 0.1) is 23.2 Å². The van der Waals surface area contributed by atoms with Crippen LogP contribution in [-0.2, 0) is 0 Å². The number of benzene rings is 2. The molecule has 2 aromatic carbocycles. The lowest BCUT2D eigenvalue weighted by molar-refractivity contribution is -0.0212. The smallest absolute Gasteiger partial charge is 0.214 e. The van der Waals surface area contributed by atoms with Gasteiger partial charge in [-0.15, -0.1) is 11.3 Å². The number of ether oxygens (including phenoxy) is 2. The zero-order valence-corrected chi connectivity index (χ0v) is 16.9. The Hall–Kier alpha value is -2.50. The van der Waals surface area contributed by atoms with E-state index < -0.39 is 0 Å². The summed E-state index contributed by atoms with van der Waals surface area (Å²) in [6, 6.07) is 18.2. The number of hydrogen-bond acceptors (Lipinski definition) is 5. The molecule has 2 aliphatic heterocycles. The van der Waals surface area contributed by atoms with Crippen LogP contribution in [0.1, 0.15) is 41.6 Å². The quantitative estimate of drug-likeness (QED) is 0.525. The molecule has 3 aromatic rings. The summed E-state index contributed by atoms with van der Waals surface area (Å²) in [7, 11) is 0. The van der Waals surface area contributed by atoms with Crippen molar-refractivity contribution in [1.82, 2.24) is 5.01 Å². The lowest BCUT2D eigenvalue weighted by atomic mass is 9.97. The molecule has 142 valence electrons. The summed E-state index contributed by atoms with van der Waals surface area (Å²) in [5, 5.41) is 9.80. The molecule has 1 aromatic heterocycles. The number of hydrazone groups is 1. The number of fused-ring (bicyclic) bond motifs is 3. The molecular formula is C22H19ClN2O2S. The highest BCUT2D eigenvalue weighted by Gasteiger charge is 2.42. The second kappa shape index (κ2) is 7.15. The predicted molar refractivity (Wildman–Crippen MR) is 112 cm³/mol. The third-order valence-corrected chi connectivity index (χ3v) is 6.17. The van der Waals surface area contributed by atoms with E-state index in [0.717, 1.165) is 34.8 Å². The lowest BCUT2D eigenvalue weighted by Gasteiger charge is -2.38. The second-order valence-electron chi connectivity index (χ2n) is 6.76. The molecule has 0 fully saturated rings. The Morgan fingerprint density at radius 2 is 2.11 bits per heavy atom. The van der Waals surface area contributed by atoms with E-state index in [1.54, 1.807) is 11.3 Å². The summed E-state index contributed by atoms with van der Waals surface area (Å²) < 4.78 is 12.3. The van der Waals surface area contributed by atoms with Crippen LogP contribution in [0.5, 0.6) is 11.5 Å². The van der Waals surface area contributed by atoms with E-state index in [1.165, 1.54) is 4.88 Å². The van der Waals surface area contributed by atoms with Crippen molar-refractivity contribution in [3.63, 3.8) is 0 Å². The zero-order chi connectivity index (χ0) is 19.1. The van der Waals surface area contributed by atoms with Gasteiger partial charge in [0.25, 0.3) is 0 Å². The van der Waals surface area contributed by atoms with E-state index in [0.29, 0.717) is 11.6 Å². The van der Waals surface area contributed by atoms with Crippen LogP contribution in [0, 0.1) is 0 Å². The fraction of sp³-hybridized carbons (Fsp3) is 0.227. The average Bonchev–Trinajstić information content (AvgIpc) is 3.38. The van der Waals surface area contributed by atoms with Crippen molar-refractivity contribution in [2.45, 2.75) is 25.6 Å². The van der Waals surface area contributed by atoms with Gasteiger partial charge in [-0.2, -0.15) is 5.10 Å². The summed E-state index contributed by atoms with van der Waals surface area (Å²) in [5.74, 6) is 1.58. The number of para-hydroxylation sites is 1. The molecule has 0 N–H and O–H groups in total. The van der Waals surface area contributed by atoms with Gasteiger partial charge < -0.3 is 9.47 Å². The maximum absolute atomic E-state index is 6.47. The highest BCUT2D eigenvalue weighted by Crippen LogP contribution is 2.51. The van der Waals surface area contributed by atoms with Crippen LogP contribution in [0.4, 0.5) is 0 Å². The average molecular weight is 411 g/mol. The van der Waals surface area contributed by atoms with Crippen LogP contribution in [0.2, 0.25) is 5.02 Å². The van der Waals surface area contributed by atoms with E-state index in [2.05, 4.69) is 28.6 Å². The van der Waals surface area contributed by atoms with E-state index in [-0.39, 0.29) is 12.3 Å². The van der Waals surface area contributed by atoms with Crippen molar-refractivity contribution in [2.75, 3.05) is 6.61 Å². The van der Waals surface area contributed by atoms with Gasteiger partial charge in [-0.25, -0.2) is 5.01 Å². The fourth-order valence-electron chi connectivity index (χ4n) is 3.82. The first-order chi connectivity index (χ1) is 13.7. The topological polar surface area (TPSA) is 34.1 Å². The molecular weight excluding hydrogens is 392 g/mol. The SMILES string of the molecule is CCOc1cccc2c1O[C@@H](c1cccc(Cl)c1)N1N=C(c3cccs3)C[C@@H]21. The molecule has 2 atom stereocenters. The number of thiophene rings is 1. The third kappa shape index (κ3) is 2.95. The van der Waals surface area contributed by atoms with E-state index in [9.17, 15) is 0 Å². The van der Waals surface area contributed by atoms with Gasteiger partial charge in [-0.1, -0.05) is 41.9 Å². The first kappa shape index (κ1) is 17.6. The fourth-order valence-corrected chi connectivity index (χ4v) is 4.74. The zero-order valence-electron chi connectivity index (χ0n) is 15.3. The Labute approximate surface area is 173 Å². The monoisotopic (exact) mass is 410 g/mol. The Kier molecular flexibility index (Phi) is 4.49. The minimum atomic E-state index is -0.352. The molecule has 0 saturated carbocycles. The summed E-state index contributed by atoms with van der Waals surface area (Å²) in [6.07, 6.45) is 0.485. The van der Waals surface area contributed by atoms with Gasteiger partial charge in [-0.3, -0.25) is 0 Å². The van der Waals surface area contributed by atoms with Crippen LogP contribution in [0.25, 0.3) is 0 Å². The van der Waals surface area contributed by atoms with E-state index in [1.807, 2.05) is 43.3 Å². The van der Waals surface area contributed by atoms with Gasteiger partial charge in [0.15, 0.2) is 11.5 Å². The molecule has 0 radical (unpaired) electrons. The van der Waals surface area contributed by atoms with E-state index in [4.69, 9.17) is 26.2 Å². The Bertz CT molecular complexity index is 1030. The van der Waals surface area contributed by atoms with Gasteiger partial charge in [0.1, 0.15) is 0 Å². The molecule has 28 heavy (non-hydrogen) atoms. The van der Waals surface area contributed by atoms with Crippen molar-refractivity contribution in [3.05, 3.63) is 81.0 Å². The van der Waals surface area contributed by atoms with Crippen LogP contribution in [-0.4, -0.2) is 17.3 Å². The van der Waals surface area contributed by atoms with Gasteiger partial charge >= 0.3 is 0 Å². The van der Waals surface area contributed by atoms with Crippen LogP contribution in [0.15, 0.2) is 65.1 Å². The Morgan fingerprint density at radius 3 is 2.89 bits per heavy atom. The Morgan fingerprint density at radius 1 is 1.21 bits per heavy atom. The first-order valence-electron chi connectivity index (χ1n) is 9.32. The largest absolute Gasteiger partial charge is 0.490 e. The Balaban J connectivity index is 1.63. The number of hydrogen-bond donors (Lipinski definition) is 0. The molecule has 0 spiro atoms. The van der Waals surface area contributed by atoms with Gasteiger partial charge in [-0.05, 0) is 36.6 Å². The molecule has 5 rings (SSSR count). The minimum absolute atomic E-state index is 0.102. The van der Waals surface area contributed by atoms with Crippen molar-refractivity contribution < 1.29 is 9.47 Å². The number of rotatable bonds is 4. The second-order valence-corrected chi connectivity index (χ2v) is 8.14. The minimum Gasteiger partial charge on any atom is -0.490 e. The maximum Gasteiger partial charge on any atom is 0.214 e. The molecule has 4 nitrogen and oxygen atoms in total. The molecule has 0 bridgehead atoms. The van der Waals surface area contributed by atoms with Gasteiger partial charge in [0, 0.05) is 22.6 Å². The molecule has 0 amide bonds. The lowest BCUT2D eigenvalue weighted by Crippen LogP contribution is -2.33. The standard InChI is InChI=1S/C22H19ClN2O2S/c1-2-26-19-9-4-8-16-18-13-17(20-10-5-11-28-20)24-25(18)22(27-21(16)19)14-6-3-7-15(23)12-14/h3-12,18,22H,2,13H2,1H3/t18-,22-/m0/s1. The molecule has 0 unspecified atom stereocenters. The van der Waals surface area contributed by atoms with E-state index >= 15 is 0 Å². The third-order valence-electron chi connectivity index (χ3n) is 5.02. The van der Waals surface area contributed by atoms with Crippen LogP contribution in [0.3, 0.4) is 0 Å². The van der Waals surface area contributed by atoms with Gasteiger partial charge in [0.2, 0.25) is 6.23 Å². The van der Waals surface area contributed by atoms with Crippen molar-refractivity contribution in [3.8, 4) is 11.5 Å². The first-order valence-corrected chi connectivity index (χ1v) is 10.6. The summed E-state index contributed by atoms with van der Waals surface area (Å²) in [6.45, 7) is 2.57. The predicted octanol–water partition coefficient (Wildman–Crippen LogP) is 6.04. The number of halogens is 1. The normalized spacial score (nSPS) is 20.2. The highest BCUT2D eigenvalue weighted by atomic mass is 35.5. The van der Waals surface area contributed by atoms with Crippen LogP contribution < -0.4 is 9.47 Å². The summed E-state index contributed by atoms with van der Waals surface area (Å²) in [5.41, 5.74) is 3.18. The highest BCUT2D eigenvalue weighted by molar-refractivity contribution is 7.12. The summed E-state index contributed by atoms with van der Waals surface area (Å²) in [4.78, 5) is 1.20. The van der Waals surface area contributed by atoms with Crippen molar-refractivity contribution in [1.29, 1.82) is 0 Å². The molecule has 0 saturated heterocycles. The maximum atomic E-state index is 6.47. The number of nitrogens with zero attached hydrogens (tertiary/aromatic N) is 2. The molecule has 2 aliphatic rings. The molecule has 0 aliphatic carbocycles. The van der Waals surface area contributed by atoms with Crippen molar-refractivity contribution >= 4 is 28.6 Å². The molecule has 6 heteroatoms. The van der Waals surface area contributed by atoms with Crippen LogP contribution >= 0.6 is 22.9 Å². The molecule has 3 heterocycles. The van der Waals surface area contributed by atoms with Crippen molar-refractivity contribution in [2.24, 2.45) is 5.10 Å². The summed E-state index contributed by atoms with van der Waals surface area (Å²) >= 11 is 7.98.